The molecular formula is C27H44O3. The van der Waals surface area contributed by atoms with Crippen LogP contribution in [0, 0.1) is 52.3 Å². The van der Waals surface area contributed by atoms with Crippen molar-refractivity contribution in [2.45, 2.75) is 105 Å². The number of carbonyl (C=O) groups excluding carboxylic acids is 2. The summed E-state index contributed by atoms with van der Waals surface area (Å²) in [4.78, 5) is 25.3. The Balaban J connectivity index is 1.53. The lowest BCUT2D eigenvalue weighted by Gasteiger charge is -2.60. The van der Waals surface area contributed by atoms with Gasteiger partial charge in [-0.2, -0.15) is 0 Å². The number of hydrogen-bond donors (Lipinski definition) is 1. The van der Waals surface area contributed by atoms with Gasteiger partial charge in [-0.25, -0.2) is 0 Å². The Hall–Kier alpha value is -0.700. The Bertz CT molecular complexity index is 684. The van der Waals surface area contributed by atoms with E-state index < -0.39 is 0 Å². The Morgan fingerprint density at radius 3 is 2.33 bits per heavy atom. The smallest absolute Gasteiger partial charge is 0.137 e. The molecule has 0 bridgehead atoms. The highest BCUT2D eigenvalue weighted by Gasteiger charge is 2.62. The molecule has 0 heterocycles. The zero-order valence-electron chi connectivity index (χ0n) is 20.0. The van der Waals surface area contributed by atoms with E-state index in [-0.39, 0.29) is 22.9 Å². The van der Waals surface area contributed by atoms with Crippen LogP contribution in [-0.4, -0.2) is 22.8 Å². The topological polar surface area (TPSA) is 54.4 Å². The third-order valence-corrected chi connectivity index (χ3v) is 10.6. The summed E-state index contributed by atoms with van der Waals surface area (Å²) < 4.78 is 0. The number of aliphatic hydroxyl groups excluding tert-OH is 1. The second kappa shape index (κ2) is 8.01. The van der Waals surface area contributed by atoms with Crippen LogP contribution in [0.2, 0.25) is 0 Å². The number of fused-ring (bicyclic) bond motifs is 5. The minimum Gasteiger partial charge on any atom is -0.393 e. The molecule has 1 N–H and O–H groups in total. The zero-order chi connectivity index (χ0) is 21.8. The van der Waals surface area contributed by atoms with E-state index >= 15 is 0 Å². The van der Waals surface area contributed by atoms with E-state index in [9.17, 15) is 14.7 Å². The predicted molar refractivity (Wildman–Crippen MR) is 120 cm³/mol. The van der Waals surface area contributed by atoms with Crippen LogP contribution in [0.4, 0.5) is 0 Å². The van der Waals surface area contributed by atoms with Crippen molar-refractivity contribution in [3.05, 3.63) is 0 Å². The van der Waals surface area contributed by atoms with Gasteiger partial charge in [-0.1, -0.05) is 34.6 Å². The molecule has 0 spiro atoms. The molecule has 4 rings (SSSR count). The summed E-state index contributed by atoms with van der Waals surface area (Å²) in [7, 11) is 0. The van der Waals surface area contributed by atoms with E-state index in [0.717, 1.165) is 19.3 Å². The van der Waals surface area contributed by atoms with Crippen molar-refractivity contribution in [2.75, 3.05) is 0 Å². The summed E-state index contributed by atoms with van der Waals surface area (Å²) in [5.41, 5.74) is 0.295. The van der Waals surface area contributed by atoms with Gasteiger partial charge in [0.25, 0.3) is 0 Å². The molecule has 3 nitrogen and oxygen atoms in total. The number of Topliss-reactive ketones (excluding diaryl/α,β-unsaturated/α-hetero) is 2. The van der Waals surface area contributed by atoms with Gasteiger partial charge in [-0.3, -0.25) is 9.59 Å². The number of carbonyl (C=O) groups is 2. The number of hydrogen-bond acceptors (Lipinski definition) is 3. The first kappa shape index (κ1) is 22.5. The van der Waals surface area contributed by atoms with E-state index in [0.29, 0.717) is 66.3 Å². The summed E-state index contributed by atoms with van der Waals surface area (Å²) in [5.74, 6) is 3.92. The maximum atomic E-state index is 13.2. The minimum atomic E-state index is -0.204. The molecular weight excluding hydrogens is 372 g/mol. The van der Waals surface area contributed by atoms with Gasteiger partial charge < -0.3 is 5.11 Å². The zero-order valence-corrected chi connectivity index (χ0v) is 20.0. The van der Waals surface area contributed by atoms with Gasteiger partial charge in [0.1, 0.15) is 11.6 Å². The van der Waals surface area contributed by atoms with E-state index in [4.69, 9.17) is 0 Å². The van der Waals surface area contributed by atoms with Crippen LogP contribution in [-0.2, 0) is 9.59 Å². The fraction of sp³-hybridized carbons (Fsp3) is 0.926. The van der Waals surface area contributed by atoms with Gasteiger partial charge in [0, 0.05) is 25.2 Å². The molecule has 4 fully saturated rings. The van der Waals surface area contributed by atoms with E-state index in [2.05, 4.69) is 34.6 Å². The summed E-state index contributed by atoms with van der Waals surface area (Å²) in [6.45, 7) is 11.6. The first-order valence-corrected chi connectivity index (χ1v) is 12.8. The van der Waals surface area contributed by atoms with Crippen LogP contribution in [0.3, 0.4) is 0 Å². The summed E-state index contributed by atoms with van der Waals surface area (Å²) in [6, 6.07) is 0. The van der Waals surface area contributed by atoms with Crippen molar-refractivity contribution in [3.8, 4) is 0 Å². The van der Waals surface area contributed by atoms with Crippen molar-refractivity contribution in [3.63, 3.8) is 0 Å². The van der Waals surface area contributed by atoms with Crippen LogP contribution in [0.25, 0.3) is 0 Å². The molecule has 0 amide bonds. The highest BCUT2D eigenvalue weighted by molar-refractivity contribution is 5.90. The molecule has 9 atom stereocenters. The molecule has 4 aliphatic rings. The van der Waals surface area contributed by atoms with Crippen molar-refractivity contribution in [1.29, 1.82) is 0 Å². The summed E-state index contributed by atoms with van der Waals surface area (Å²) >= 11 is 0. The monoisotopic (exact) mass is 416 g/mol. The Kier molecular flexibility index (Phi) is 6.01. The van der Waals surface area contributed by atoms with E-state index in [1.165, 1.54) is 25.7 Å². The predicted octanol–water partition coefficient (Wildman–Crippen LogP) is 5.83. The lowest BCUT2D eigenvalue weighted by molar-refractivity contribution is -0.159. The van der Waals surface area contributed by atoms with Gasteiger partial charge in [0.05, 0.1) is 6.10 Å². The molecule has 4 saturated carbocycles. The highest BCUT2D eigenvalue weighted by atomic mass is 16.3. The number of rotatable bonds is 5. The van der Waals surface area contributed by atoms with Crippen molar-refractivity contribution < 1.29 is 14.7 Å². The van der Waals surface area contributed by atoms with Crippen molar-refractivity contribution in [2.24, 2.45) is 52.3 Å². The maximum absolute atomic E-state index is 13.2. The molecule has 0 radical (unpaired) electrons. The summed E-state index contributed by atoms with van der Waals surface area (Å²) in [5, 5.41) is 10.9. The quantitative estimate of drug-likeness (QED) is 0.614. The Morgan fingerprint density at radius 2 is 1.63 bits per heavy atom. The van der Waals surface area contributed by atoms with Gasteiger partial charge in [-0.05, 0) is 91.3 Å². The molecule has 170 valence electrons. The molecule has 3 heteroatoms. The normalized spacial score (nSPS) is 45.6. The second-order valence-electron chi connectivity index (χ2n) is 12.5. The van der Waals surface area contributed by atoms with E-state index in [1.807, 2.05) is 0 Å². The lowest BCUT2D eigenvalue weighted by atomic mass is 9.44. The fourth-order valence-electron chi connectivity index (χ4n) is 8.78. The number of aliphatic hydroxyl groups is 1. The largest absolute Gasteiger partial charge is 0.393 e. The molecule has 0 aromatic heterocycles. The average Bonchev–Trinajstić information content (AvgIpc) is 3.04. The lowest BCUT2D eigenvalue weighted by Crippen LogP contribution is -2.57. The molecule has 0 aliphatic heterocycles. The SMILES string of the molecule is CC(C)CCC(O)C(C)C1CCC2C3CC(=O)C4CC(=O)CCC4(C)C3CCC12C. The van der Waals surface area contributed by atoms with Gasteiger partial charge >= 0.3 is 0 Å². The third-order valence-electron chi connectivity index (χ3n) is 10.6. The first-order valence-electron chi connectivity index (χ1n) is 12.8. The molecule has 0 aromatic rings. The van der Waals surface area contributed by atoms with Crippen LogP contribution in [0.5, 0.6) is 0 Å². The van der Waals surface area contributed by atoms with E-state index in [1.54, 1.807) is 0 Å². The van der Waals surface area contributed by atoms with Crippen LogP contribution in [0.1, 0.15) is 98.8 Å². The molecule has 0 saturated heterocycles. The Morgan fingerprint density at radius 1 is 0.933 bits per heavy atom. The van der Waals surface area contributed by atoms with Crippen molar-refractivity contribution >= 4 is 11.6 Å². The van der Waals surface area contributed by atoms with Gasteiger partial charge in [0.15, 0.2) is 0 Å². The van der Waals surface area contributed by atoms with Gasteiger partial charge in [-0.15, -0.1) is 0 Å². The highest BCUT2D eigenvalue weighted by Crippen LogP contribution is 2.67. The number of ketones is 2. The average molecular weight is 417 g/mol. The maximum Gasteiger partial charge on any atom is 0.137 e. The van der Waals surface area contributed by atoms with Crippen molar-refractivity contribution in [1.82, 2.24) is 0 Å². The molecule has 0 aromatic carbocycles. The molecule has 9 unspecified atom stereocenters. The first-order chi connectivity index (χ1) is 14.1. The molecule has 4 aliphatic carbocycles. The van der Waals surface area contributed by atoms with Crippen LogP contribution < -0.4 is 0 Å². The minimum absolute atomic E-state index is 0.0154. The summed E-state index contributed by atoms with van der Waals surface area (Å²) in [6.07, 6.45) is 9.46. The van der Waals surface area contributed by atoms with Crippen LogP contribution >= 0.6 is 0 Å². The third kappa shape index (κ3) is 3.51. The fourth-order valence-corrected chi connectivity index (χ4v) is 8.78. The standard InChI is InChI=1S/C27H44O3/c1-16(2)6-9-24(29)17(3)20-7-8-21-19-15-25(30)23-14-18(28)10-12-27(23,5)22(19)11-13-26(20,21)4/h16-17,19-24,29H,6-15H2,1-5H3. The van der Waals surface area contributed by atoms with Gasteiger partial charge in [0.2, 0.25) is 0 Å². The second-order valence-corrected chi connectivity index (χ2v) is 12.5. The molecule has 30 heavy (non-hydrogen) atoms. The van der Waals surface area contributed by atoms with Crippen LogP contribution in [0.15, 0.2) is 0 Å². The Labute approximate surface area is 183 Å².